The minimum atomic E-state index is 0.577. The lowest BCUT2D eigenvalue weighted by Crippen LogP contribution is -2.25. The first-order valence-corrected chi connectivity index (χ1v) is 6.98. The summed E-state index contributed by atoms with van der Waals surface area (Å²) in [7, 11) is 0. The highest BCUT2D eigenvalue weighted by Crippen LogP contribution is 2.12. The van der Waals surface area contributed by atoms with Crippen LogP contribution in [0.25, 0.3) is 0 Å². The fourth-order valence-electron chi connectivity index (χ4n) is 1.85. The molecule has 88 valence electrons. The van der Waals surface area contributed by atoms with Gasteiger partial charge in [0.1, 0.15) is 0 Å². The summed E-state index contributed by atoms with van der Waals surface area (Å²) in [5.41, 5.74) is 7.81. The summed E-state index contributed by atoms with van der Waals surface area (Å²) in [5, 5.41) is 0. The Bertz CT molecular complexity index is 305. The van der Waals surface area contributed by atoms with Gasteiger partial charge in [-0.2, -0.15) is 11.8 Å². The normalized spacial score (nSPS) is 18.3. The molecule has 0 saturated carbocycles. The van der Waals surface area contributed by atoms with Crippen molar-refractivity contribution in [3.8, 4) is 0 Å². The summed E-state index contributed by atoms with van der Waals surface area (Å²) < 4.78 is 0. The maximum absolute atomic E-state index is 5.55. The summed E-state index contributed by atoms with van der Waals surface area (Å²) in [5.74, 6) is 2.55. The first kappa shape index (κ1) is 11.9. The molecule has 0 radical (unpaired) electrons. The van der Waals surface area contributed by atoms with Gasteiger partial charge in [0, 0.05) is 31.6 Å². The predicted molar refractivity (Wildman–Crippen MR) is 69.3 cm³/mol. The van der Waals surface area contributed by atoms with Gasteiger partial charge in [-0.05, 0) is 30.3 Å². The maximum atomic E-state index is 5.55. The van der Waals surface area contributed by atoms with Crippen LogP contribution in [0.3, 0.4) is 0 Å². The lowest BCUT2D eigenvalue weighted by Gasteiger charge is -2.18. The lowest BCUT2D eigenvalue weighted by molar-refractivity contribution is 0.284. The van der Waals surface area contributed by atoms with Gasteiger partial charge in [-0.15, -0.1) is 0 Å². The highest BCUT2D eigenvalue weighted by molar-refractivity contribution is 7.99. The number of nitrogens with two attached hydrogens (primary N) is 1. The molecule has 2 N–H and O–H groups in total. The van der Waals surface area contributed by atoms with E-state index in [-0.39, 0.29) is 0 Å². The van der Waals surface area contributed by atoms with Crippen LogP contribution >= 0.6 is 11.8 Å². The molecule has 0 aromatic carbocycles. The second-order valence-corrected chi connectivity index (χ2v) is 5.33. The standard InChI is InChI=1S/C12H19N3S/c13-8-11-2-3-12(14-9-11)10-15-4-1-6-16-7-5-15/h2-3,9H,1,4-8,10,13H2. The molecule has 0 bridgehead atoms. The Hall–Kier alpha value is -0.580. The van der Waals surface area contributed by atoms with E-state index in [1.807, 2.05) is 6.20 Å². The van der Waals surface area contributed by atoms with Gasteiger partial charge < -0.3 is 5.73 Å². The van der Waals surface area contributed by atoms with Gasteiger partial charge in [0.2, 0.25) is 0 Å². The second kappa shape index (κ2) is 6.23. The Labute approximate surface area is 101 Å². The van der Waals surface area contributed by atoms with Crippen molar-refractivity contribution in [3.63, 3.8) is 0 Å². The smallest absolute Gasteiger partial charge is 0.0544 e. The van der Waals surface area contributed by atoms with Crippen molar-refractivity contribution in [1.29, 1.82) is 0 Å². The zero-order valence-corrected chi connectivity index (χ0v) is 10.4. The molecule has 1 fully saturated rings. The molecule has 2 rings (SSSR count). The van der Waals surface area contributed by atoms with E-state index in [2.05, 4.69) is 33.8 Å². The Kier molecular flexibility index (Phi) is 4.63. The van der Waals surface area contributed by atoms with E-state index >= 15 is 0 Å². The van der Waals surface area contributed by atoms with Gasteiger partial charge in [-0.3, -0.25) is 9.88 Å². The van der Waals surface area contributed by atoms with E-state index in [0.717, 1.165) is 17.8 Å². The lowest BCUT2D eigenvalue weighted by atomic mass is 10.2. The van der Waals surface area contributed by atoms with Gasteiger partial charge in [0.05, 0.1) is 5.69 Å². The number of thioether (sulfide) groups is 1. The molecule has 0 unspecified atom stereocenters. The number of aromatic nitrogens is 1. The highest BCUT2D eigenvalue weighted by Gasteiger charge is 2.09. The van der Waals surface area contributed by atoms with Crippen molar-refractivity contribution in [2.75, 3.05) is 24.6 Å². The third-order valence-corrected chi connectivity index (χ3v) is 3.87. The Morgan fingerprint density at radius 1 is 1.31 bits per heavy atom. The molecule has 1 aliphatic rings. The Morgan fingerprint density at radius 3 is 3.00 bits per heavy atom. The van der Waals surface area contributed by atoms with E-state index < -0.39 is 0 Å². The van der Waals surface area contributed by atoms with Gasteiger partial charge in [0.15, 0.2) is 0 Å². The molecule has 1 saturated heterocycles. The van der Waals surface area contributed by atoms with Crippen LogP contribution in [0.1, 0.15) is 17.7 Å². The van der Waals surface area contributed by atoms with Crippen molar-refractivity contribution in [2.45, 2.75) is 19.5 Å². The van der Waals surface area contributed by atoms with Crippen molar-refractivity contribution < 1.29 is 0 Å². The van der Waals surface area contributed by atoms with Crippen LogP contribution in [0.5, 0.6) is 0 Å². The highest BCUT2D eigenvalue weighted by atomic mass is 32.2. The average molecular weight is 237 g/mol. The average Bonchev–Trinajstić information content (AvgIpc) is 2.59. The maximum Gasteiger partial charge on any atom is 0.0544 e. The fourth-order valence-corrected chi connectivity index (χ4v) is 2.78. The Balaban J connectivity index is 1.91. The molecule has 0 spiro atoms. The number of pyridine rings is 1. The fraction of sp³-hybridized carbons (Fsp3) is 0.583. The molecular formula is C12H19N3S. The monoisotopic (exact) mass is 237 g/mol. The Morgan fingerprint density at radius 2 is 2.25 bits per heavy atom. The summed E-state index contributed by atoms with van der Waals surface area (Å²) >= 11 is 2.06. The first-order chi connectivity index (χ1) is 7.88. The topological polar surface area (TPSA) is 42.1 Å². The second-order valence-electron chi connectivity index (χ2n) is 4.10. The molecule has 0 amide bonds. The molecule has 4 heteroatoms. The molecule has 3 nitrogen and oxygen atoms in total. The minimum absolute atomic E-state index is 0.577. The van der Waals surface area contributed by atoms with Crippen molar-refractivity contribution in [1.82, 2.24) is 9.88 Å². The zero-order valence-electron chi connectivity index (χ0n) is 9.56. The van der Waals surface area contributed by atoms with Crippen LogP contribution in [-0.2, 0) is 13.1 Å². The summed E-state index contributed by atoms with van der Waals surface area (Å²) in [6.07, 6.45) is 3.19. The van der Waals surface area contributed by atoms with Crippen LogP contribution in [0, 0.1) is 0 Å². The van der Waals surface area contributed by atoms with Gasteiger partial charge in [-0.25, -0.2) is 0 Å². The zero-order chi connectivity index (χ0) is 11.2. The van der Waals surface area contributed by atoms with Gasteiger partial charge >= 0.3 is 0 Å². The molecule has 1 aromatic rings. The first-order valence-electron chi connectivity index (χ1n) is 5.82. The van der Waals surface area contributed by atoms with E-state index in [9.17, 15) is 0 Å². The minimum Gasteiger partial charge on any atom is -0.326 e. The molecule has 2 heterocycles. The van der Waals surface area contributed by atoms with E-state index in [4.69, 9.17) is 5.73 Å². The number of rotatable bonds is 3. The number of hydrogen-bond donors (Lipinski definition) is 1. The van der Waals surface area contributed by atoms with E-state index in [0.29, 0.717) is 6.54 Å². The number of hydrogen-bond acceptors (Lipinski definition) is 4. The molecule has 16 heavy (non-hydrogen) atoms. The molecule has 1 aromatic heterocycles. The van der Waals surface area contributed by atoms with Crippen LogP contribution in [0.2, 0.25) is 0 Å². The molecule has 0 aliphatic carbocycles. The third kappa shape index (κ3) is 3.47. The van der Waals surface area contributed by atoms with Crippen LogP contribution in [-0.4, -0.2) is 34.5 Å². The van der Waals surface area contributed by atoms with Crippen LogP contribution in [0.4, 0.5) is 0 Å². The van der Waals surface area contributed by atoms with E-state index in [1.165, 1.54) is 31.0 Å². The largest absolute Gasteiger partial charge is 0.326 e. The van der Waals surface area contributed by atoms with E-state index in [1.54, 1.807) is 0 Å². The van der Waals surface area contributed by atoms with Crippen LogP contribution in [0.15, 0.2) is 18.3 Å². The summed E-state index contributed by atoms with van der Waals surface area (Å²) in [6.45, 7) is 3.94. The predicted octanol–water partition coefficient (Wildman–Crippen LogP) is 1.48. The molecule has 0 atom stereocenters. The SMILES string of the molecule is NCc1ccc(CN2CCCSCC2)nc1. The summed E-state index contributed by atoms with van der Waals surface area (Å²) in [4.78, 5) is 6.94. The number of nitrogens with zero attached hydrogens (tertiary/aromatic N) is 2. The molecule has 1 aliphatic heterocycles. The summed E-state index contributed by atoms with van der Waals surface area (Å²) in [6, 6.07) is 4.18. The van der Waals surface area contributed by atoms with Crippen LogP contribution < -0.4 is 5.73 Å². The van der Waals surface area contributed by atoms with Gasteiger partial charge in [0.25, 0.3) is 0 Å². The molecular weight excluding hydrogens is 218 g/mol. The van der Waals surface area contributed by atoms with Crippen molar-refractivity contribution in [2.24, 2.45) is 5.73 Å². The third-order valence-electron chi connectivity index (χ3n) is 2.82. The quantitative estimate of drug-likeness (QED) is 0.864. The van der Waals surface area contributed by atoms with Crippen molar-refractivity contribution in [3.05, 3.63) is 29.6 Å². The van der Waals surface area contributed by atoms with Gasteiger partial charge in [-0.1, -0.05) is 6.07 Å². The van der Waals surface area contributed by atoms with Crippen molar-refractivity contribution >= 4 is 11.8 Å².